The zero-order valence-electron chi connectivity index (χ0n) is 10.6. The van der Waals surface area contributed by atoms with Gasteiger partial charge in [-0.25, -0.2) is 4.79 Å². The Morgan fingerprint density at radius 3 is 3.05 bits per heavy atom. The van der Waals surface area contributed by atoms with Gasteiger partial charge in [0.2, 0.25) is 0 Å². The monoisotopic (exact) mass is 262 g/mol. The fourth-order valence-electron chi connectivity index (χ4n) is 1.92. The molecule has 0 saturated heterocycles. The lowest BCUT2D eigenvalue weighted by Crippen LogP contribution is -2.40. The first-order valence-corrected chi connectivity index (χ1v) is 6.04. The molecule has 0 spiro atoms. The van der Waals surface area contributed by atoms with Crippen LogP contribution in [0.4, 0.5) is 5.69 Å². The van der Waals surface area contributed by atoms with Crippen molar-refractivity contribution >= 4 is 30.6 Å². The molecular weight excluding hydrogens is 247 g/mol. The Balaban J connectivity index is 2.22. The van der Waals surface area contributed by atoms with Crippen LogP contribution in [-0.4, -0.2) is 48.7 Å². The van der Waals surface area contributed by atoms with Crippen molar-refractivity contribution in [1.29, 1.82) is 0 Å². The van der Waals surface area contributed by atoms with E-state index in [1.807, 2.05) is 0 Å². The normalized spacial score (nSPS) is 17.6. The van der Waals surface area contributed by atoms with Gasteiger partial charge in [0.15, 0.2) is 6.04 Å². The second-order valence-electron chi connectivity index (χ2n) is 4.12. The molecule has 1 aliphatic rings. The van der Waals surface area contributed by atoms with Gasteiger partial charge in [0, 0.05) is 5.69 Å². The van der Waals surface area contributed by atoms with Crippen LogP contribution in [0.15, 0.2) is 29.3 Å². The van der Waals surface area contributed by atoms with Gasteiger partial charge in [-0.1, -0.05) is 12.1 Å². The van der Waals surface area contributed by atoms with E-state index >= 15 is 0 Å². The molecule has 19 heavy (non-hydrogen) atoms. The number of anilines is 1. The fraction of sp³-hybridized carbons (Fsp3) is 0.333. The highest BCUT2D eigenvalue weighted by atomic mass is 16.5. The van der Waals surface area contributed by atoms with Gasteiger partial charge in [-0.2, -0.15) is 0 Å². The van der Waals surface area contributed by atoms with Gasteiger partial charge >= 0.3 is 13.1 Å². The van der Waals surface area contributed by atoms with E-state index in [4.69, 9.17) is 14.8 Å². The summed E-state index contributed by atoms with van der Waals surface area (Å²) < 4.78 is 5.00. The average molecular weight is 262 g/mol. The molecule has 0 amide bonds. The first kappa shape index (κ1) is 13.6. The third-order valence-electron chi connectivity index (χ3n) is 2.85. The third kappa shape index (κ3) is 2.94. The van der Waals surface area contributed by atoms with Crippen LogP contribution in [0.3, 0.4) is 0 Å². The second kappa shape index (κ2) is 5.86. The predicted octanol–water partition coefficient (Wildman–Crippen LogP) is -0.854. The van der Waals surface area contributed by atoms with Gasteiger partial charge in [-0.15, -0.1) is 0 Å². The van der Waals surface area contributed by atoms with Crippen LogP contribution >= 0.6 is 0 Å². The van der Waals surface area contributed by atoms with Crippen molar-refractivity contribution in [2.45, 2.75) is 13.0 Å². The summed E-state index contributed by atoms with van der Waals surface area (Å²) in [7, 11) is -1.54. The summed E-state index contributed by atoms with van der Waals surface area (Å²) in [4.78, 5) is 17.6. The van der Waals surface area contributed by atoms with E-state index in [0.717, 1.165) is 0 Å². The molecule has 6 nitrogen and oxygen atoms in total. The molecule has 0 radical (unpaired) electrons. The Hall–Kier alpha value is -1.86. The van der Waals surface area contributed by atoms with Gasteiger partial charge in [0.05, 0.1) is 19.5 Å². The maximum Gasteiger partial charge on any atom is 0.488 e. The highest BCUT2D eigenvalue weighted by molar-refractivity contribution is 6.58. The molecule has 0 saturated carbocycles. The van der Waals surface area contributed by atoms with E-state index < -0.39 is 13.2 Å². The summed E-state index contributed by atoms with van der Waals surface area (Å²) in [6.45, 7) is 2.41. The summed E-state index contributed by atoms with van der Waals surface area (Å²) in [5, 5.41) is 18.3. The third-order valence-corrected chi connectivity index (χ3v) is 2.85. The molecule has 0 bridgehead atoms. The summed E-state index contributed by atoms with van der Waals surface area (Å²) in [6.07, 6.45) is 1.56. The number of hydrogen-bond acceptors (Lipinski definition) is 6. The molecule has 0 aromatic heterocycles. The Morgan fingerprint density at radius 1 is 1.58 bits per heavy atom. The van der Waals surface area contributed by atoms with Gasteiger partial charge in [-0.05, 0) is 24.5 Å². The van der Waals surface area contributed by atoms with Crippen LogP contribution in [0, 0.1) is 0 Å². The first-order chi connectivity index (χ1) is 9.13. The van der Waals surface area contributed by atoms with Gasteiger partial charge in [0.1, 0.15) is 0 Å². The molecule has 0 fully saturated rings. The van der Waals surface area contributed by atoms with Crippen molar-refractivity contribution in [2.24, 2.45) is 4.99 Å². The molecule has 0 aliphatic carbocycles. The maximum atomic E-state index is 11.8. The zero-order valence-corrected chi connectivity index (χ0v) is 10.6. The van der Waals surface area contributed by atoms with Crippen molar-refractivity contribution in [3.05, 3.63) is 24.3 Å². The molecule has 7 heteroatoms. The summed E-state index contributed by atoms with van der Waals surface area (Å²) in [6, 6.07) is 6.18. The highest BCUT2D eigenvalue weighted by Crippen LogP contribution is 2.18. The Labute approximate surface area is 111 Å². The number of ether oxygens (including phenoxy) is 1. The minimum atomic E-state index is -1.54. The smallest absolute Gasteiger partial charge is 0.464 e. The topological polar surface area (TPSA) is 82.4 Å². The van der Waals surface area contributed by atoms with Crippen LogP contribution in [-0.2, 0) is 9.53 Å². The molecule has 1 aliphatic heterocycles. The van der Waals surface area contributed by atoms with Gasteiger partial charge < -0.3 is 19.7 Å². The fourth-order valence-corrected chi connectivity index (χ4v) is 1.92. The number of nitrogens with zero attached hydrogens (tertiary/aromatic N) is 2. The number of carbonyl (C=O) groups excluding carboxylic acids is 1. The maximum absolute atomic E-state index is 11.8. The quantitative estimate of drug-likeness (QED) is 0.545. The van der Waals surface area contributed by atoms with Crippen molar-refractivity contribution < 1.29 is 19.6 Å². The minimum absolute atomic E-state index is 0.318. The van der Waals surface area contributed by atoms with Crippen molar-refractivity contribution in [1.82, 2.24) is 0 Å². The average Bonchev–Trinajstić information content (AvgIpc) is 2.88. The standard InChI is InChI=1S/C12H15BN2O4/c1-2-19-12(16)11-7-14-8-15(11)10-5-3-4-9(6-10)13(17)18/h3-6,8,11,17-18H,2,7H2,1H3. The van der Waals surface area contributed by atoms with Crippen molar-refractivity contribution in [2.75, 3.05) is 18.1 Å². The Morgan fingerprint density at radius 2 is 2.37 bits per heavy atom. The van der Waals surface area contributed by atoms with E-state index in [9.17, 15) is 4.79 Å². The number of esters is 1. The molecule has 1 aromatic carbocycles. The number of benzene rings is 1. The summed E-state index contributed by atoms with van der Waals surface area (Å²) in [5.74, 6) is -0.338. The predicted molar refractivity (Wildman–Crippen MR) is 72.5 cm³/mol. The van der Waals surface area contributed by atoms with Gasteiger partial charge in [-0.3, -0.25) is 4.99 Å². The SMILES string of the molecule is CCOC(=O)C1CN=CN1c1cccc(B(O)O)c1. The molecule has 100 valence electrons. The van der Waals surface area contributed by atoms with Crippen LogP contribution in [0.25, 0.3) is 0 Å². The molecule has 2 N–H and O–H groups in total. The largest absolute Gasteiger partial charge is 0.488 e. The molecule has 1 atom stereocenters. The molecule has 1 aromatic rings. The van der Waals surface area contributed by atoms with E-state index in [2.05, 4.69) is 4.99 Å². The minimum Gasteiger partial charge on any atom is -0.464 e. The van der Waals surface area contributed by atoms with E-state index in [-0.39, 0.29) is 5.97 Å². The summed E-state index contributed by atoms with van der Waals surface area (Å²) in [5.41, 5.74) is 1.03. The lowest BCUT2D eigenvalue weighted by Gasteiger charge is -2.22. The zero-order chi connectivity index (χ0) is 13.8. The number of rotatable bonds is 4. The summed E-state index contributed by atoms with van der Waals surface area (Å²) >= 11 is 0. The second-order valence-corrected chi connectivity index (χ2v) is 4.12. The number of aliphatic imine (C=N–C) groups is 1. The molecular formula is C12H15BN2O4. The number of carbonyl (C=O) groups is 1. The van der Waals surface area contributed by atoms with E-state index in [0.29, 0.717) is 24.3 Å². The first-order valence-electron chi connectivity index (χ1n) is 6.04. The van der Waals surface area contributed by atoms with E-state index in [1.165, 1.54) is 0 Å². The lowest BCUT2D eigenvalue weighted by molar-refractivity contribution is -0.144. The van der Waals surface area contributed by atoms with Crippen LogP contribution in [0.5, 0.6) is 0 Å². The number of hydrogen-bond donors (Lipinski definition) is 2. The lowest BCUT2D eigenvalue weighted by atomic mass is 9.80. The van der Waals surface area contributed by atoms with E-state index in [1.54, 1.807) is 42.4 Å². The molecule has 1 unspecified atom stereocenters. The van der Waals surface area contributed by atoms with Crippen LogP contribution in [0.1, 0.15) is 6.92 Å². The van der Waals surface area contributed by atoms with Gasteiger partial charge in [0.25, 0.3) is 0 Å². The van der Waals surface area contributed by atoms with Crippen LogP contribution < -0.4 is 10.4 Å². The molecule has 1 heterocycles. The van der Waals surface area contributed by atoms with Crippen LogP contribution in [0.2, 0.25) is 0 Å². The van der Waals surface area contributed by atoms with Crippen molar-refractivity contribution in [3.63, 3.8) is 0 Å². The highest BCUT2D eigenvalue weighted by Gasteiger charge is 2.30. The Kier molecular flexibility index (Phi) is 4.18. The Bertz CT molecular complexity index is 492. The van der Waals surface area contributed by atoms with Crippen molar-refractivity contribution in [3.8, 4) is 0 Å². The molecule has 2 rings (SSSR count).